The molecular formula is C17H26N2O3S2. The van der Waals surface area contributed by atoms with E-state index in [0.717, 1.165) is 24.4 Å². The van der Waals surface area contributed by atoms with Gasteiger partial charge in [-0.25, -0.2) is 8.42 Å². The molecule has 2 aliphatic rings. The van der Waals surface area contributed by atoms with E-state index in [2.05, 4.69) is 24.8 Å². The second kappa shape index (κ2) is 7.14. The Morgan fingerprint density at radius 3 is 2.62 bits per heavy atom. The molecule has 0 saturated carbocycles. The summed E-state index contributed by atoms with van der Waals surface area (Å²) < 4.78 is 23.0. The van der Waals surface area contributed by atoms with Gasteiger partial charge in [0.2, 0.25) is 0 Å². The second-order valence-corrected chi connectivity index (χ2v) is 10.6. The summed E-state index contributed by atoms with van der Waals surface area (Å²) in [5.41, 5.74) is 0. The first-order valence-corrected chi connectivity index (χ1v) is 11.3. The van der Waals surface area contributed by atoms with E-state index in [1.54, 1.807) is 16.2 Å². The highest BCUT2D eigenvalue weighted by molar-refractivity contribution is 7.91. The Morgan fingerprint density at radius 1 is 1.25 bits per heavy atom. The SMILES string of the molecule is CC(C)CN1CCCC1c1ccc(C(=O)N2CCS(=O)(=O)CC2)s1. The van der Waals surface area contributed by atoms with Gasteiger partial charge in [-0.15, -0.1) is 11.3 Å². The van der Waals surface area contributed by atoms with Crippen LogP contribution in [0.25, 0.3) is 0 Å². The summed E-state index contributed by atoms with van der Waals surface area (Å²) >= 11 is 1.58. The fourth-order valence-corrected chi connectivity index (χ4v) is 5.90. The maximum absolute atomic E-state index is 12.6. The Bertz CT molecular complexity index is 682. The topological polar surface area (TPSA) is 57.7 Å². The Morgan fingerprint density at radius 2 is 1.96 bits per heavy atom. The minimum atomic E-state index is -2.96. The Labute approximate surface area is 148 Å². The van der Waals surface area contributed by atoms with Crippen LogP contribution in [0.3, 0.4) is 0 Å². The smallest absolute Gasteiger partial charge is 0.263 e. The molecule has 2 aliphatic heterocycles. The number of hydrogen-bond donors (Lipinski definition) is 0. The lowest BCUT2D eigenvalue weighted by molar-refractivity contribution is 0.0775. The Kier molecular flexibility index (Phi) is 5.32. The summed E-state index contributed by atoms with van der Waals surface area (Å²) in [7, 11) is -2.96. The van der Waals surface area contributed by atoms with Gasteiger partial charge in [0, 0.05) is 30.6 Å². The summed E-state index contributed by atoms with van der Waals surface area (Å²) in [5, 5.41) is 0. The van der Waals surface area contributed by atoms with Crippen LogP contribution in [0.5, 0.6) is 0 Å². The van der Waals surface area contributed by atoms with Crippen LogP contribution in [-0.4, -0.2) is 61.8 Å². The van der Waals surface area contributed by atoms with Crippen LogP contribution in [0.2, 0.25) is 0 Å². The van der Waals surface area contributed by atoms with Crippen LogP contribution in [-0.2, 0) is 9.84 Å². The molecular weight excluding hydrogens is 344 g/mol. The van der Waals surface area contributed by atoms with Crippen molar-refractivity contribution in [2.24, 2.45) is 5.92 Å². The number of thiophene rings is 1. The van der Waals surface area contributed by atoms with E-state index < -0.39 is 9.84 Å². The van der Waals surface area contributed by atoms with Crippen molar-refractivity contribution < 1.29 is 13.2 Å². The van der Waals surface area contributed by atoms with E-state index in [4.69, 9.17) is 0 Å². The van der Waals surface area contributed by atoms with Gasteiger partial charge < -0.3 is 4.90 Å². The molecule has 134 valence electrons. The maximum Gasteiger partial charge on any atom is 0.263 e. The molecule has 1 atom stereocenters. The Balaban J connectivity index is 1.68. The molecule has 24 heavy (non-hydrogen) atoms. The molecule has 0 aromatic carbocycles. The van der Waals surface area contributed by atoms with Crippen molar-refractivity contribution in [3.05, 3.63) is 21.9 Å². The molecule has 0 bridgehead atoms. The predicted molar refractivity (Wildman–Crippen MR) is 97.3 cm³/mol. The van der Waals surface area contributed by atoms with Gasteiger partial charge in [-0.1, -0.05) is 13.8 Å². The zero-order valence-electron chi connectivity index (χ0n) is 14.4. The average molecular weight is 371 g/mol. The van der Waals surface area contributed by atoms with Crippen LogP contribution >= 0.6 is 11.3 Å². The molecule has 0 radical (unpaired) electrons. The monoisotopic (exact) mass is 370 g/mol. The van der Waals surface area contributed by atoms with Crippen molar-refractivity contribution in [2.75, 3.05) is 37.7 Å². The minimum absolute atomic E-state index is 0.0189. The zero-order chi connectivity index (χ0) is 17.3. The van der Waals surface area contributed by atoms with Crippen molar-refractivity contribution in [3.8, 4) is 0 Å². The van der Waals surface area contributed by atoms with Crippen LogP contribution in [0.4, 0.5) is 0 Å². The summed E-state index contributed by atoms with van der Waals surface area (Å²) in [6.07, 6.45) is 2.37. The van der Waals surface area contributed by atoms with Gasteiger partial charge >= 0.3 is 0 Å². The third kappa shape index (κ3) is 4.00. The number of nitrogens with zero attached hydrogens (tertiary/aromatic N) is 2. The summed E-state index contributed by atoms with van der Waals surface area (Å²) in [6.45, 7) is 7.34. The lowest BCUT2D eigenvalue weighted by Crippen LogP contribution is -2.43. The second-order valence-electron chi connectivity index (χ2n) is 7.19. The molecule has 7 heteroatoms. The zero-order valence-corrected chi connectivity index (χ0v) is 16.0. The molecule has 2 fully saturated rings. The van der Waals surface area contributed by atoms with Gasteiger partial charge in [-0.3, -0.25) is 9.69 Å². The van der Waals surface area contributed by atoms with Gasteiger partial charge in [0.25, 0.3) is 5.91 Å². The van der Waals surface area contributed by atoms with Crippen molar-refractivity contribution >= 4 is 27.1 Å². The summed E-state index contributed by atoms with van der Waals surface area (Å²) in [6, 6.07) is 4.43. The number of hydrogen-bond acceptors (Lipinski definition) is 5. The first kappa shape index (κ1) is 17.9. The van der Waals surface area contributed by atoms with Crippen LogP contribution in [0.1, 0.15) is 47.3 Å². The quantitative estimate of drug-likeness (QED) is 0.817. The standard InChI is InChI=1S/C17H26N2O3S2/c1-13(2)12-19-7-3-4-14(19)15-5-6-16(23-15)17(20)18-8-10-24(21,22)11-9-18/h5-6,13-14H,3-4,7-12H2,1-2H3. The normalized spacial score (nSPS) is 24.6. The third-order valence-corrected chi connectivity index (χ3v) is 7.54. The third-order valence-electron chi connectivity index (χ3n) is 4.76. The molecule has 1 unspecified atom stereocenters. The van der Waals surface area contributed by atoms with E-state index in [1.165, 1.54) is 11.3 Å². The molecule has 0 aliphatic carbocycles. The minimum Gasteiger partial charge on any atom is -0.336 e. The van der Waals surface area contributed by atoms with Gasteiger partial charge in [0.1, 0.15) is 0 Å². The van der Waals surface area contributed by atoms with E-state index in [-0.39, 0.29) is 17.4 Å². The summed E-state index contributed by atoms with van der Waals surface area (Å²) in [5.74, 6) is 0.792. The van der Waals surface area contributed by atoms with E-state index >= 15 is 0 Å². The fourth-order valence-electron chi connectivity index (χ4n) is 3.55. The highest BCUT2D eigenvalue weighted by atomic mass is 32.2. The number of carbonyl (C=O) groups excluding carboxylic acids is 1. The molecule has 1 amide bonds. The molecule has 3 rings (SSSR count). The first-order chi connectivity index (χ1) is 11.4. The first-order valence-electron chi connectivity index (χ1n) is 8.69. The molecule has 3 heterocycles. The van der Waals surface area contributed by atoms with Crippen LogP contribution in [0.15, 0.2) is 12.1 Å². The average Bonchev–Trinajstić information content (AvgIpc) is 3.14. The number of sulfone groups is 1. The lowest BCUT2D eigenvalue weighted by atomic mass is 10.1. The molecule has 1 aromatic heterocycles. The van der Waals surface area contributed by atoms with Crippen molar-refractivity contribution in [1.29, 1.82) is 0 Å². The molecule has 2 saturated heterocycles. The highest BCUT2D eigenvalue weighted by Gasteiger charge is 2.30. The van der Waals surface area contributed by atoms with E-state index in [9.17, 15) is 13.2 Å². The van der Waals surface area contributed by atoms with Gasteiger partial charge in [0.15, 0.2) is 9.84 Å². The lowest BCUT2D eigenvalue weighted by Gasteiger charge is -2.26. The molecule has 5 nitrogen and oxygen atoms in total. The van der Waals surface area contributed by atoms with Crippen molar-refractivity contribution in [2.45, 2.75) is 32.7 Å². The number of likely N-dealkylation sites (tertiary alicyclic amines) is 1. The Hall–Kier alpha value is -0.920. The van der Waals surface area contributed by atoms with Crippen molar-refractivity contribution in [1.82, 2.24) is 9.80 Å². The van der Waals surface area contributed by atoms with E-state index in [1.807, 2.05) is 6.07 Å². The van der Waals surface area contributed by atoms with Crippen LogP contribution in [0, 0.1) is 5.92 Å². The van der Waals surface area contributed by atoms with E-state index in [0.29, 0.717) is 25.0 Å². The molecule has 0 N–H and O–H groups in total. The van der Waals surface area contributed by atoms with Crippen LogP contribution < -0.4 is 0 Å². The number of carbonyl (C=O) groups is 1. The molecule has 0 spiro atoms. The number of rotatable bonds is 4. The fraction of sp³-hybridized carbons (Fsp3) is 0.706. The molecule has 1 aromatic rings. The highest BCUT2D eigenvalue weighted by Crippen LogP contribution is 2.36. The van der Waals surface area contributed by atoms with Crippen molar-refractivity contribution in [3.63, 3.8) is 0 Å². The number of amides is 1. The van der Waals surface area contributed by atoms with Gasteiger partial charge in [0.05, 0.1) is 16.4 Å². The summed E-state index contributed by atoms with van der Waals surface area (Å²) in [4.78, 5) is 18.8. The van der Waals surface area contributed by atoms with Gasteiger partial charge in [-0.2, -0.15) is 0 Å². The predicted octanol–water partition coefficient (Wildman–Crippen LogP) is 2.41. The largest absolute Gasteiger partial charge is 0.336 e. The van der Waals surface area contributed by atoms with Gasteiger partial charge in [-0.05, 0) is 37.4 Å². The maximum atomic E-state index is 12.6.